The minimum atomic E-state index is -1.04. The fraction of sp³-hybridized carbons (Fsp3) is 0.250. The van der Waals surface area contributed by atoms with Crippen LogP contribution in [0, 0.1) is 0 Å². The van der Waals surface area contributed by atoms with Crippen LogP contribution in [0.15, 0.2) is 70.2 Å². The van der Waals surface area contributed by atoms with Crippen molar-refractivity contribution in [3.8, 4) is 34.3 Å². The summed E-state index contributed by atoms with van der Waals surface area (Å²) in [6, 6.07) is 15.1. The number of nitrogens with one attached hydrogen (secondary N) is 1. The fourth-order valence-electron chi connectivity index (χ4n) is 3.15. The molecule has 1 unspecified atom stereocenters. The van der Waals surface area contributed by atoms with Gasteiger partial charge in [-0.25, -0.2) is 9.37 Å². The molecule has 0 amide bonds. The summed E-state index contributed by atoms with van der Waals surface area (Å²) in [5.41, 5.74) is 3.78. The Morgan fingerprint density at radius 3 is 2.30 bits per heavy atom. The van der Waals surface area contributed by atoms with E-state index in [2.05, 4.69) is 25.5 Å². The van der Waals surface area contributed by atoms with Gasteiger partial charge in [-0.15, -0.1) is 10.2 Å². The Bertz CT molecular complexity index is 1230. The lowest BCUT2D eigenvalue weighted by Gasteiger charge is -2.07. The van der Waals surface area contributed by atoms with Gasteiger partial charge in [-0.3, -0.25) is 9.19 Å². The van der Waals surface area contributed by atoms with E-state index >= 15 is 0 Å². The minimum Gasteiger partial charge on any atom is -0.415 e. The summed E-state index contributed by atoms with van der Waals surface area (Å²) >= 11 is 0. The molecule has 1 atom stereocenters. The number of nitrogens with zero attached hydrogens (tertiary/aromatic N) is 4. The van der Waals surface area contributed by atoms with Crippen molar-refractivity contribution >= 4 is 10.8 Å². The van der Waals surface area contributed by atoms with E-state index in [-0.39, 0.29) is 11.1 Å². The van der Waals surface area contributed by atoms with E-state index in [1.54, 1.807) is 12.4 Å². The maximum Gasteiger partial charge on any atom is 0.268 e. The van der Waals surface area contributed by atoms with Crippen molar-refractivity contribution in [2.24, 2.45) is 0 Å². The Morgan fingerprint density at radius 1 is 0.939 bits per heavy atom. The first-order valence-corrected chi connectivity index (χ1v) is 11.8. The van der Waals surface area contributed by atoms with Crippen LogP contribution in [0.5, 0.6) is 0 Å². The van der Waals surface area contributed by atoms with Gasteiger partial charge >= 0.3 is 0 Å². The maximum absolute atomic E-state index is 12.3. The summed E-state index contributed by atoms with van der Waals surface area (Å²) in [7, 11) is -1.04. The highest BCUT2D eigenvalue weighted by Crippen LogP contribution is 2.25. The van der Waals surface area contributed by atoms with E-state index in [9.17, 15) is 8.60 Å². The molecule has 0 saturated carbocycles. The lowest BCUT2D eigenvalue weighted by atomic mass is 10.1. The molecule has 2 heterocycles. The molecule has 0 aliphatic carbocycles. The van der Waals surface area contributed by atoms with Crippen LogP contribution < -0.4 is 5.32 Å². The van der Waals surface area contributed by atoms with Gasteiger partial charge in [0.1, 0.15) is 12.4 Å². The largest absolute Gasteiger partial charge is 0.415 e. The van der Waals surface area contributed by atoms with Crippen LogP contribution in [-0.4, -0.2) is 42.8 Å². The van der Waals surface area contributed by atoms with Gasteiger partial charge in [-0.05, 0) is 29.8 Å². The van der Waals surface area contributed by atoms with Gasteiger partial charge in [0.25, 0.3) is 5.89 Å². The fourth-order valence-corrected chi connectivity index (χ4v) is 4.10. The van der Waals surface area contributed by atoms with Gasteiger partial charge in [0.15, 0.2) is 0 Å². The summed E-state index contributed by atoms with van der Waals surface area (Å²) in [6.07, 6.45) is 3.23. The molecule has 9 heteroatoms. The van der Waals surface area contributed by atoms with Gasteiger partial charge in [0.2, 0.25) is 5.89 Å². The second kappa shape index (κ2) is 10.5. The van der Waals surface area contributed by atoms with Crippen LogP contribution >= 0.6 is 0 Å². The number of benzene rings is 2. The van der Waals surface area contributed by atoms with Crippen LogP contribution in [0.2, 0.25) is 0 Å². The predicted octanol–water partition coefficient (Wildman–Crippen LogP) is 4.44. The molecule has 0 spiro atoms. The summed E-state index contributed by atoms with van der Waals surface area (Å²) in [4.78, 5) is 9.66. The van der Waals surface area contributed by atoms with Gasteiger partial charge in [0.05, 0.1) is 28.9 Å². The van der Waals surface area contributed by atoms with Gasteiger partial charge in [0, 0.05) is 34.4 Å². The quantitative estimate of drug-likeness (QED) is 0.365. The summed E-state index contributed by atoms with van der Waals surface area (Å²) < 4.78 is 30.3. The molecule has 33 heavy (non-hydrogen) atoms. The first kappa shape index (κ1) is 22.9. The van der Waals surface area contributed by atoms with Crippen molar-refractivity contribution in [3.63, 3.8) is 0 Å². The van der Waals surface area contributed by atoms with Crippen molar-refractivity contribution in [2.45, 2.75) is 30.5 Å². The molecule has 0 radical (unpaired) electrons. The van der Waals surface area contributed by atoms with E-state index in [4.69, 9.17) is 4.42 Å². The summed E-state index contributed by atoms with van der Waals surface area (Å²) in [5.74, 6) is 0.645. The Hall–Kier alpha value is -3.30. The summed E-state index contributed by atoms with van der Waals surface area (Å²) in [5, 5.41) is 11.3. The number of hydrogen-bond donors (Lipinski definition) is 1. The molecule has 0 aliphatic rings. The molecule has 4 aromatic rings. The second-order valence-corrected chi connectivity index (χ2v) is 9.64. The number of halogens is 1. The molecular weight excluding hydrogens is 441 g/mol. The zero-order valence-electron chi connectivity index (χ0n) is 18.4. The molecule has 0 bridgehead atoms. The van der Waals surface area contributed by atoms with E-state index in [0.29, 0.717) is 30.4 Å². The lowest BCUT2D eigenvalue weighted by Crippen LogP contribution is -2.15. The standard InChI is InChI=1S/C24H24FN5O2S/c1-16(2)33(31)20-9-7-18(8-10-20)21-14-27-15-22(28-21)24-30-29-23(32-24)19-5-3-17(4-6-19)13-26-12-11-25/h3-10,14-16,26H,11-13H2,1-2H3. The number of alkyl halides is 1. The molecule has 1 N–H and O–H groups in total. The lowest BCUT2D eigenvalue weighted by molar-refractivity contribution is 0.467. The highest BCUT2D eigenvalue weighted by Gasteiger charge is 2.14. The third-order valence-corrected chi connectivity index (χ3v) is 6.48. The smallest absolute Gasteiger partial charge is 0.268 e. The predicted molar refractivity (Wildman–Crippen MR) is 125 cm³/mol. The molecule has 0 fully saturated rings. The van der Waals surface area contributed by atoms with Crippen molar-refractivity contribution in [2.75, 3.05) is 13.2 Å². The first-order valence-electron chi connectivity index (χ1n) is 10.6. The molecular formula is C24H24FN5O2S. The van der Waals surface area contributed by atoms with Crippen LogP contribution in [-0.2, 0) is 17.3 Å². The zero-order chi connectivity index (χ0) is 23.2. The zero-order valence-corrected chi connectivity index (χ0v) is 19.2. The van der Waals surface area contributed by atoms with Crippen molar-refractivity contribution in [1.82, 2.24) is 25.5 Å². The average Bonchev–Trinajstić information content (AvgIpc) is 3.35. The highest BCUT2D eigenvalue weighted by molar-refractivity contribution is 7.85. The topological polar surface area (TPSA) is 93.8 Å². The summed E-state index contributed by atoms with van der Waals surface area (Å²) in [6.45, 7) is 4.39. The molecule has 0 saturated heterocycles. The van der Waals surface area contributed by atoms with Crippen molar-refractivity contribution in [3.05, 3.63) is 66.5 Å². The number of hydrogen-bond acceptors (Lipinski definition) is 7. The molecule has 2 aromatic carbocycles. The van der Waals surface area contributed by atoms with Crippen molar-refractivity contribution < 1.29 is 13.0 Å². The molecule has 170 valence electrons. The van der Waals surface area contributed by atoms with E-state index < -0.39 is 17.5 Å². The van der Waals surface area contributed by atoms with E-state index in [1.807, 2.05) is 62.4 Å². The first-order chi connectivity index (χ1) is 16.0. The van der Waals surface area contributed by atoms with Crippen LogP contribution in [0.4, 0.5) is 4.39 Å². The van der Waals surface area contributed by atoms with E-state index in [1.165, 1.54) is 0 Å². The Balaban J connectivity index is 1.51. The van der Waals surface area contributed by atoms with E-state index in [0.717, 1.165) is 21.6 Å². The number of aromatic nitrogens is 4. The molecule has 7 nitrogen and oxygen atoms in total. The van der Waals surface area contributed by atoms with Crippen LogP contribution in [0.25, 0.3) is 34.3 Å². The maximum atomic E-state index is 12.3. The molecule has 2 aromatic heterocycles. The number of rotatable bonds is 9. The Labute approximate surface area is 194 Å². The SMILES string of the molecule is CC(C)S(=O)c1ccc(-c2cncc(-c3nnc(-c4ccc(CNCCF)cc4)o3)n2)cc1. The third-order valence-electron chi connectivity index (χ3n) is 4.89. The van der Waals surface area contributed by atoms with Gasteiger partial charge in [-0.1, -0.05) is 38.1 Å². The highest BCUT2D eigenvalue weighted by atomic mass is 32.2. The van der Waals surface area contributed by atoms with Crippen LogP contribution in [0.1, 0.15) is 19.4 Å². The van der Waals surface area contributed by atoms with Crippen molar-refractivity contribution in [1.29, 1.82) is 0 Å². The third kappa shape index (κ3) is 5.55. The average molecular weight is 466 g/mol. The molecule has 4 rings (SSSR count). The molecule has 0 aliphatic heterocycles. The minimum absolute atomic E-state index is 0.0555. The normalized spacial score (nSPS) is 12.2. The second-order valence-electron chi connectivity index (χ2n) is 7.64. The Kier molecular flexibility index (Phi) is 7.31. The van der Waals surface area contributed by atoms with Gasteiger partial charge in [-0.2, -0.15) is 0 Å². The monoisotopic (exact) mass is 465 g/mol. The van der Waals surface area contributed by atoms with Crippen LogP contribution in [0.3, 0.4) is 0 Å². The Morgan fingerprint density at radius 2 is 1.61 bits per heavy atom. The van der Waals surface area contributed by atoms with Gasteiger partial charge < -0.3 is 9.73 Å².